The van der Waals surface area contributed by atoms with E-state index < -0.39 is 0 Å². The number of hydrogen-bond acceptors (Lipinski definition) is 6. The van der Waals surface area contributed by atoms with E-state index in [4.69, 9.17) is 9.47 Å². The number of nitrogens with zero attached hydrogens (tertiary/aromatic N) is 3. The maximum Gasteiger partial charge on any atom is 0.277 e. The van der Waals surface area contributed by atoms with Gasteiger partial charge in [-0.2, -0.15) is 0 Å². The molecule has 0 atom stereocenters. The van der Waals surface area contributed by atoms with Crippen molar-refractivity contribution in [1.29, 1.82) is 0 Å². The molecule has 0 spiro atoms. The molecule has 4 rings (SSSR count). The summed E-state index contributed by atoms with van der Waals surface area (Å²) in [6, 6.07) is 17.0. The fourth-order valence-electron chi connectivity index (χ4n) is 3.20. The molecule has 0 unspecified atom stereocenters. The van der Waals surface area contributed by atoms with Gasteiger partial charge in [0.05, 0.1) is 0 Å². The molecule has 2 aromatic carbocycles. The van der Waals surface area contributed by atoms with Crippen LogP contribution in [0.2, 0.25) is 0 Å². The second-order valence-electron chi connectivity index (χ2n) is 6.61. The highest BCUT2D eigenvalue weighted by molar-refractivity contribution is 6.05. The molecule has 29 heavy (non-hydrogen) atoms. The molecule has 7 heteroatoms. The van der Waals surface area contributed by atoms with Crippen molar-refractivity contribution in [3.05, 3.63) is 71.7 Å². The zero-order valence-corrected chi connectivity index (χ0v) is 16.4. The van der Waals surface area contributed by atoms with Gasteiger partial charge in [-0.3, -0.25) is 4.79 Å². The first-order valence-corrected chi connectivity index (χ1v) is 9.49. The fraction of sp³-hybridized carbons (Fsp3) is 0.227. The van der Waals surface area contributed by atoms with Gasteiger partial charge in [0.15, 0.2) is 11.5 Å². The maximum atomic E-state index is 13.1. The van der Waals surface area contributed by atoms with Crippen molar-refractivity contribution in [3.8, 4) is 11.5 Å². The Hall–Kier alpha value is -3.61. The Morgan fingerprint density at radius 2 is 1.86 bits per heavy atom. The first-order valence-electron chi connectivity index (χ1n) is 9.49. The number of benzene rings is 2. The lowest BCUT2D eigenvalue weighted by atomic mass is 10.2. The van der Waals surface area contributed by atoms with Gasteiger partial charge in [0.25, 0.3) is 5.91 Å². The van der Waals surface area contributed by atoms with E-state index in [1.54, 1.807) is 17.9 Å². The minimum Gasteiger partial charge on any atom is -0.454 e. The number of aromatic nitrogens is 2. The summed E-state index contributed by atoms with van der Waals surface area (Å²) in [6.07, 6.45) is 0. The molecule has 1 aromatic heterocycles. The molecule has 2 heterocycles. The van der Waals surface area contributed by atoms with Crippen LogP contribution in [0.15, 0.2) is 54.6 Å². The van der Waals surface area contributed by atoms with Crippen molar-refractivity contribution in [2.24, 2.45) is 0 Å². The van der Waals surface area contributed by atoms with Crippen LogP contribution >= 0.6 is 0 Å². The first-order chi connectivity index (χ1) is 14.1. The predicted octanol–water partition coefficient (Wildman–Crippen LogP) is 3.79. The predicted molar refractivity (Wildman–Crippen MR) is 110 cm³/mol. The Bertz CT molecular complexity index is 1020. The van der Waals surface area contributed by atoms with Gasteiger partial charge in [-0.05, 0) is 43.7 Å². The van der Waals surface area contributed by atoms with E-state index in [2.05, 4.69) is 15.3 Å². The van der Waals surface area contributed by atoms with Gasteiger partial charge in [0.2, 0.25) is 6.79 Å². The average Bonchev–Trinajstić information content (AvgIpc) is 3.21. The zero-order chi connectivity index (χ0) is 20.2. The molecule has 1 amide bonds. The van der Waals surface area contributed by atoms with Crippen LogP contribution in [-0.4, -0.2) is 29.2 Å². The molecule has 1 aliphatic rings. The molecular weight excluding hydrogens is 368 g/mol. The van der Waals surface area contributed by atoms with E-state index in [9.17, 15) is 4.79 Å². The number of aryl methyl sites for hydroxylation is 1. The number of amides is 1. The quantitative estimate of drug-likeness (QED) is 0.690. The Labute approximate surface area is 169 Å². The van der Waals surface area contributed by atoms with E-state index in [1.807, 2.05) is 55.5 Å². The summed E-state index contributed by atoms with van der Waals surface area (Å²) < 4.78 is 10.8. The number of para-hydroxylation sites is 1. The monoisotopic (exact) mass is 390 g/mol. The largest absolute Gasteiger partial charge is 0.454 e. The van der Waals surface area contributed by atoms with Crippen molar-refractivity contribution in [2.45, 2.75) is 20.4 Å². The van der Waals surface area contributed by atoms with E-state index in [0.717, 1.165) is 22.7 Å². The van der Waals surface area contributed by atoms with Gasteiger partial charge in [0, 0.05) is 24.8 Å². The second-order valence-corrected chi connectivity index (χ2v) is 6.61. The van der Waals surface area contributed by atoms with Gasteiger partial charge in [0.1, 0.15) is 17.3 Å². The third-order valence-corrected chi connectivity index (χ3v) is 4.60. The molecule has 7 nitrogen and oxygen atoms in total. The maximum absolute atomic E-state index is 13.1. The Morgan fingerprint density at radius 3 is 2.66 bits per heavy atom. The van der Waals surface area contributed by atoms with Crippen molar-refractivity contribution in [2.75, 3.05) is 23.6 Å². The Kier molecular flexibility index (Phi) is 5.29. The van der Waals surface area contributed by atoms with Crippen LogP contribution in [0, 0.1) is 6.92 Å². The number of nitrogens with one attached hydrogen (secondary N) is 1. The molecule has 0 fully saturated rings. The first kappa shape index (κ1) is 18.7. The lowest BCUT2D eigenvalue weighted by Gasteiger charge is -2.21. The van der Waals surface area contributed by atoms with Crippen molar-refractivity contribution < 1.29 is 14.3 Å². The zero-order valence-electron chi connectivity index (χ0n) is 16.4. The summed E-state index contributed by atoms with van der Waals surface area (Å²) in [7, 11) is 0. The van der Waals surface area contributed by atoms with Crippen LogP contribution in [0.25, 0.3) is 0 Å². The number of anilines is 2. The lowest BCUT2D eigenvalue weighted by Crippen LogP contribution is -2.31. The number of rotatable bonds is 6. The van der Waals surface area contributed by atoms with E-state index >= 15 is 0 Å². The number of ether oxygens (including phenoxy) is 2. The molecule has 0 bridgehead atoms. The highest BCUT2D eigenvalue weighted by atomic mass is 16.7. The molecule has 1 N–H and O–H groups in total. The summed E-state index contributed by atoms with van der Waals surface area (Å²) >= 11 is 0. The molecule has 0 saturated carbocycles. The normalized spacial score (nSPS) is 11.9. The molecule has 148 valence electrons. The fourth-order valence-corrected chi connectivity index (χ4v) is 3.20. The van der Waals surface area contributed by atoms with Gasteiger partial charge >= 0.3 is 0 Å². The van der Waals surface area contributed by atoms with E-state index in [0.29, 0.717) is 30.4 Å². The Balaban J connectivity index is 1.52. The van der Waals surface area contributed by atoms with Crippen LogP contribution in [0.1, 0.15) is 28.8 Å². The van der Waals surface area contributed by atoms with Crippen molar-refractivity contribution >= 4 is 17.4 Å². The molecule has 0 saturated heterocycles. The topological polar surface area (TPSA) is 76.6 Å². The number of carbonyl (C=O) groups excluding carboxylic acids is 1. The van der Waals surface area contributed by atoms with Gasteiger partial charge in [-0.1, -0.05) is 24.3 Å². The molecule has 0 aliphatic carbocycles. The summed E-state index contributed by atoms with van der Waals surface area (Å²) in [4.78, 5) is 23.5. The molecular formula is C22H22N4O3. The van der Waals surface area contributed by atoms with Crippen LogP contribution in [0.4, 0.5) is 11.5 Å². The van der Waals surface area contributed by atoms with Gasteiger partial charge in [-0.15, -0.1) is 0 Å². The Morgan fingerprint density at radius 1 is 1.07 bits per heavy atom. The lowest BCUT2D eigenvalue weighted by molar-refractivity contribution is 0.0983. The van der Waals surface area contributed by atoms with Crippen molar-refractivity contribution in [1.82, 2.24) is 9.97 Å². The smallest absolute Gasteiger partial charge is 0.277 e. The number of hydrogen-bond donors (Lipinski definition) is 1. The average molecular weight is 390 g/mol. The number of carbonyl (C=O) groups is 1. The highest BCUT2D eigenvalue weighted by Crippen LogP contribution is 2.32. The molecule has 3 aromatic rings. The van der Waals surface area contributed by atoms with Crippen molar-refractivity contribution in [3.63, 3.8) is 0 Å². The summed E-state index contributed by atoms with van der Waals surface area (Å²) in [5.41, 5.74) is 2.22. The minimum atomic E-state index is -0.157. The third-order valence-electron chi connectivity index (χ3n) is 4.60. The highest BCUT2D eigenvalue weighted by Gasteiger charge is 2.19. The molecule has 1 aliphatic heterocycles. The van der Waals surface area contributed by atoms with Crippen LogP contribution in [0.3, 0.4) is 0 Å². The SMILES string of the molecule is CCN(C(=O)c1cc(NCc2ccc3c(c2)OCO3)nc(C)n1)c1ccccc1. The van der Waals surface area contributed by atoms with Gasteiger partial charge in [-0.25, -0.2) is 9.97 Å². The van der Waals surface area contributed by atoms with Gasteiger partial charge < -0.3 is 19.7 Å². The molecule has 0 radical (unpaired) electrons. The van der Waals surface area contributed by atoms with E-state index in [1.165, 1.54) is 0 Å². The van der Waals surface area contributed by atoms with E-state index in [-0.39, 0.29) is 12.7 Å². The van der Waals surface area contributed by atoms with Crippen LogP contribution in [-0.2, 0) is 6.54 Å². The second kappa shape index (κ2) is 8.18. The third kappa shape index (κ3) is 4.13. The summed E-state index contributed by atoms with van der Waals surface area (Å²) in [5, 5.41) is 3.27. The summed E-state index contributed by atoms with van der Waals surface area (Å²) in [6.45, 7) is 5.06. The van der Waals surface area contributed by atoms with Crippen LogP contribution < -0.4 is 19.7 Å². The standard InChI is InChI=1S/C22H22N4O3/c1-3-26(17-7-5-4-6-8-17)22(27)18-12-21(25-15(2)24-18)23-13-16-9-10-19-20(11-16)29-14-28-19/h4-12H,3,13-14H2,1-2H3,(H,23,24,25). The summed E-state index contributed by atoms with van der Waals surface area (Å²) in [5.74, 6) is 2.46. The number of fused-ring (bicyclic) bond motifs is 1. The van der Waals surface area contributed by atoms with Crippen LogP contribution in [0.5, 0.6) is 11.5 Å². The minimum absolute atomic E-state index is 0.157.